The van der Waals surface area contributed by atoms with Gasteiger partial charge in [-0.1, -0.05) is 12.1 Å². The third-order valence-electron chi connectivity index (χ3n) is 4.08. The fourth-order valence-electron chi connectivity index (χ4n) is 2.62. The van der Waals surface area contributed by atoms with Gasteiger partial charge in [-0.15, -0.1) is 0 Å². The molecule has 0 spiro atoms. The number of rotatable bonds is 7. The van der Waals surface area contributed by atoms with Gasteiger partial charge in [0.1, 0.15) is 0 Å². The van der Waals surface area contributed by atoms with Gasteiger partial charge < -0.3 is 19.1 Å². The van der Waals surface area contributed by atoms with Crippen LogP contribution in [0.2, 0.25) is 0 Å². The number of methoxy groups -OCH3 is 3. The van der Waals surface area contributed by atoms with E-state index in [1.165, 1.54) is 21.3 Å². The average Bonchev–Trinajstić information content (AvgIpc) is 2.66. The fraction of sp³-hybridized carbons (Fsp3) is 0.286. The van der Waals surface area contributed by atoms with Crippen molar-refractivity contribution in [3.8, 4) is 17.2 Å². The van der Waals surface area contributed by atoms with E-state index < -0.39 is 0 Å². The Balaban J connectivity index is 2.35. The van der Waals surface area contributed by atoms with Crippen molar-refractivity contribution < 1.29 is 19.0 Å². The summed E-state index contributed by atoms with van der Waals surface area (Å²) in [6, 6.07) is 11.3. The molecule has 0 fully saturated rings. The molecule has 0 bridgehead atoms. The highest BCUT2D eigenvalue weighted by Gasteiger charge is 2.17. The number of carbonyl (C=O) groups is 1. The molecule has 138 valence electrons. The summed E-state index contributed by atoms with van der Waals surface area (Å²) in [7, 11) is 8.57. The third kappa shape index (κ3) is 4.17. The Morgan fingerprint density at radius 1 is 0.923 bits per heavy atom. The smallest absolute Gasteiger partial charge is 0.203 e. The van der Waals surface area contributed by atoms with Crippen LogP contribution in [0.4, 0.5) is 5.69 Å². The first-order valence-electron chi connectivity index (χ1n) is 8.21. The lowest BCUT2D eigenvalue weighted by molar-refractivity contribution is 0.103. The summed E-state index contributed by atoms with van der Waals surface area (Å²) in [6.45, 7) is 1.80. The molecule has 0 aliphatic heterocycles. The molecule has 0 aromatic heterocycles. The van der Waals surface area contributed by atoms with Crippen molar-refractivity contribution in [3.05, 3.63) is 53.1 Å². The molecule has 2 rings (SSSR count). The second-order valence-corrected chi connectivity index (χ2v) is 6.06. The molecule has 0 aliphatic rings. The Bertz CT molecular complexity index is 782. The molecular formula is C21H25NO4. The highest BCUT2D eigenvalue weighted by Crippen LogP contribution is 2.38. The number of hydrogen-bond donors (Lipinski definition) is 0. The second kappa shape index (κ2) is 8.43. The highest BCUT2D eigenvalue weighted by atomic mass is 16.5. The summed E-state index contributed by atoms with van der Waals surface area (Å²) >= 11 is 0. The van der Waals surface area contributed by atoms with E-state index in [0.717, 1.165) is 11.3 Å². The first kappa shape index (κ1) is 19.4. The minimum absolute atomic E-state index is 0.0964. The van der Waals surface area contributed by atoms with Gasteiger partial charge in [-0.25, -0.2) is 0 Å². The van der Waals surface area contributed by atoms with Crippen LogP contribution >= 0.6 is 0 Å². The molecule has 5 nitrogen and oxygen atoms in total. The van der Waals surface area contributed by atoms with Crippen molar-refractivity contribution in [1.82, 2.24) is 0 Å². The molecule has 0 N–H and O–H groups in total. The SMILES string of the molecule is COc1cc(C(=O)/C(C)=C/c2ccc(N(C)C)cc2)cc(OC)c1OC. The van der Waals surface area contributed by atoms with Crippen molar-refractivity contribution in [1.29, 1.82) is 0 Å². The van der Waals surface area contributed by atoms with E-state index in [2.05, 4.69) is 0 Å². The monoisotopic (exact) mass is 355 g/mol. The summed E-state index contributed by atoms with van der Waals surface area (Å²) in [5.41, 5.74) is 3.18. The Morgan fingerprint density at radius 3 is 1.88 bits per heavy atom. The van der Waals surface area contributed by atoms with E-state index >= 15 is 0 Å². The molecule has 0 unspecified atom stereocenters. The molecule has 0 saturated carbocycles. The molecule has 0 saturated heterocycles. The van der Waals surface area contributed by atoms with E-state index in [9.17, 15) is 4.79 Å². The standard InChI is InChI=1S/C21H25NO4/c1-14(11-15-7-9-17(10-8-15)22(2)3)20(23)16-12-18(24-4)21(26-6)19(13-16)25-5/h7-13H,1-6H3/b14-11+. The van der Waals surface area contributed by atoms with Crippen LogP contribution in [0.5, 0.6) is 17.2 Å². The van der Waals surface area contributed by atoms with E-state index in [-0.39, 0.29) is 5.78 Å². The second-order valence-electron chi connectivity index (χ2n) is 6.06. The van der Waals surface area contributed by atoms with Gasteiger partial charge in [-0.05, 0) is 48.4 Å². The first-order chi connectivity index (χ1) is 12.4. The maximum atomic E-state index is 12.8. The predicted molar refractivity (Wildman–Crippen MR) is 105 cm³/mol. The van der Waals surface area contributed by atoms with Gasteiger partial charge in [0.2, 0.25) is 5.75 Å². The van der Waals surface area contributed by atoms with Crippen molar-refractivity contribution in [2.75, 3.05) is 40.3 Å². The normalized spacial score (nSPS) is 11.1. The maximum absolute atomic E-state index is 12.8. The zero-order valence-electron chi connectivity index (χ0n) is 16.1. The summed E-state index contributed by atoms with van der Waals surface area (Å²) in [5, 5.41) is 0. The zero-order valence-corrected chi connectivity index (χ0v) is 16.1. The van der Waals surface area contributed by atoms with E-state index in [1.54, 1.807) is 19.1 Å². The molecule has 0 atom stereocenters. The molecule has 0 aliphatic carbocycles. The number of hydrogen-bond acceptors (Lipinski definition) is 5. The molecule has 26 heavy (non-hydrogen) atoms. The average molecular weight is 355 g/mol. The highest BCUT2D eigenvalue weighted by molar-refractivity contribution is 6.11. The molecular weight excluding hydrogens is 330 g/mol. The van der Waals surface area contributed by atoms with Crippen molar-refractivity contribution in [2.45, 2.75) is 6.92 Å². The number of ether oxygens (including phenoxy) is 3. The van der Waals surface area contributed by atoms with Crippen molar-refractivity contribution >= 4 is 17.5 Å². The minimum Gasteiger partial charge on any atom is -0.493 e. The number of allylic oxidation sites excluding steroid dienone is 1. The van der Waals surface area contributed by atoms with Gasteiger partial charge >= 0.3 is 0 Å². The first-order valence-corrected chi connectivity index (χ1v) is 8.21. The lowest BCUT2D eigenvalue weighted by Crippen LogP contribution is -2.08. The number of Topliss-reactive ketones (excluding diaryl/α,β-unsaturated/α-hetero) is 1. The molecule has 2 aromatic rings. The van der Waals surface area contributed by atoms with Crippen LogP contribution in [0.1, 0.15) is 22.8 Å². The van der Waals surface area contributed by atoms with E-state index in [0.29, 0.717) is 28.4 Å². The van der Waals surface area contributed by atoms with Crippen LogP contribution in [0.15, 0.2) is 42.0 Å². The van der Waals surface area contributed by atoms with Gasteiger partial charge in [0.25, 0.3) is 0 Å². The summed E-state index contributed by atoms with van der Waals surface area (Å²) < 4.78 is 15.9. The van der Waals surface area contributed by atoms with Gasteiger partial charge in [-0.3, -0.25) is 4.79 Å². The number of carbonyl (C=O) groups excluding carboxylic acids is 1. The van der Waals surface area contributed by atoms with Crippen LogP contribution < -0.4 is 19.1 Å². The summed E-state index contributed by atoms with van der Waals surface area (Å²) in [5.74, 6) is 1.28. The number of anilines is 1. The van der Waals surface area contributed by atoms with Crippen LogP contribution in [-0.4, -0.2) is 41.2 Å². The van der Waals surface area contributed by atoms with Crippen molar-refractivity contribution in [3.63, 3.8) is 0 Å². The van der Waals surface area contributed by atoms with Gasteiger partial charge in [0.05, 0.1) is 21.3 Å². The third-order valence-corrected chi connectivity index (χ3v) is 4.08. The summed E-state index contributed by atoms with van der Waals surface area (Å²) in [4.78, 5) is 14.9. The number of nitrogens with zero attached hydrogens (tertiary/aromatic N) is 1. The zero-order chi connectivity index (χ0) is 19.3. The topological polar surface area (TPSA) is 48.0 Å². The Kier molecular flexibility index (Phi) is 6.28. The van der Waals surface area contributed by atoms with Gasteiger partial charge in [0, 0.05) is 25.3 Å². The molecule has 0 amide bonds. The van der Waals surface area contributed by atoms with Crippen LogP contribution in [0.25, 0.3) is 6.08 Å². The maximum Gasteiger partial charge on any atom is 0.203 e. The largest absolute Gasteiger partial charge is 0.493 e. The Morgan fingerprint density at radius 2 is 1.46 bits per heavy atom. The lowest BCUT2D eigenvalue weighted by atomic mass is 10.0. The molecule has 0 heterocycles. The molecule has 2 aromatic carbocycles. The van der Waals surface area contributed by atoms with E-state index in [1.807, 2.05) is 49.3 Å². The van der Waals surface area contributed by atoms with Crippen molar-refractivity contribution in [2.24, 2.45) is 0 Å². The fourth-order valence-corrected chi connectivity index (χ4v) is 2.62. The molecule has 0 radical (unpaired) electrons. The van der Waals surface area contributed by atoms with Crippen LogP contribution in [-0.2, 0) is 0 Å². The Labute approximate surface area is 154 Å². The minimum atomic E-state index is -0.0964. The van der Waals surface area contributed by atoms with E-state index in [4.69, 9.17) is 14.2 Å². The van der Waals surface area contributed by atoms with Crippen LogP contribution in [0.3, 0.4) is 0 Å². The number of benzene rings is 2. The lowest BCUT2D eigenvalue weighted by Gasteiger charge is -2.14. The quantitative estimate of drug-likeness (QED) is 0.554. The van der Waals surface area contributed by atoms with Gasteiger partial charge in [0.15, 0.2) is 17.3 Å². The Hall–Kier alpha value is -2.95. The number of ketones is 1. The predicted octanol–water partition coefficient (Wildman–Crippen LogP) is 4.06. The summed E-state index contributed by atoms with van der Waals surface area (Å²) in [6.07, 6.45) is 1.87. The van der Waals surface area contributed by atoms with Gasteiger partial charge in [-0.2, -0.15) is 0 Å². The molecule has 5 heteroatoms. The van der Waals surface area contributed by atoms with Crippen LogP contribution in [0, 0.1) is 0 Å².